The Morgan fingerprint density at radius 1 is 1.05 bits per heavy atom. The van der Waals surface area contributed by atoms with E-state index in [4.69, 9.17) is 9.47 Å². The Labute approximate surface area is 130 Å². The molecule has 22 heavy (non-hydrogen) atoms. The number of ether oxygens (including phenoxy) is 2. The molecular weight excluding hydrogens is 282 g/mol. The molecule has 1 aromatic carbocycles. The molecule has 5 nitrogen and oxygen atoms in total. The molecule has 0 heterocycles. The number of carbonyl (C=O) groups excluding carboxylic acids is 2. The molecule has 0 bridgehead atoms. The first-order valence-electron chi connectivity index (χ1n) is 7.58. The van der Waals surface area contributed by atoms with Crippen LogP contribution in [0.4, 0.5) is 9.59 Å². The predicted octanol–water partition coefficient (Wildman–Crippen LogP) is 4.15. The predicted molar refractivity (Wildman–Crippen MR) is 83.3 cm³/mol. The second-order valence-electron chi connectivity index (χ2n) is 5.03. The summed E-state index contributed by atoms with van der Waals surface area (Å²) in [6, 6.07) is 7.16. The van der Waals surface area contributed by atoms with Gasteiger partial charge in [-0.05, 0) is 24.0 Å². The van der Waals surface area contributed by atoms with Gasteiger partial charge in [-0.3, -0.25) is 0 Å². The second kappa shape index (κ2) is 7.64. The van der Waals surface area contributed by atoms with E-state index in [1.807, 2.05) is 50.3 Å². The van der Waals surface area contributed by atoms with Gasteiger partial charge < -0.3 is 9.47 Å². The fraction of sp³-hybridized carbons (Fsp3) is 0.412. The van der Waals surface area contributed by atoms with Gasteiger partial charge in [0.05, 0.1) is 19.3 Å². The van der Waals surface area contributed by atoms with Crippen molar-refractivity contribution < 1.29 is 19.1 Å². The maximum atomic E-state index is 12.3. The van der Waals surface area contributed by atoms with Crippen molar-refractivity contribution in [2.75, 3.05) is 13.2 Å². The molecule has 0 aromatic heterocycles. The molecule has 1 aromatic rings. The molecule has 0 saturated heterocycles. The lowest BCUT2D eigenvalue weighted by atomic mass is 10.1. The first-order valence-corrected chi connectivity index (χ1v) is 7.58. The summed E-state index contributed by atoms with van der Waals surface area (Å²) in [4.78, 5) is 25.6. The Morgan fingerprint density at radius 3 is 2.23 bits per heavy atom. The molecule has 118 valence electrons. The number of rotatable bonds is 5. The van der Waals surface area contributed by atoms with E-state index in [1.54, 1.807) is 0 Å². The molecule has 0 radical (unpaired) electrons. The van der Waals surface area contributed by atoms with Gasteiger partial charge in [0.15, 0.2) is 0 Å². The molecule has 2 amide bonds. The van der Waals surface area contributed by atoms with Crippen LogP contribution in [-0.4, -0.2) is 30.3 Å². The van der Waals surface area contributed by atoms with Crippen molar-refractivity contribution in [2.45, 2.75) is 32.7 Å². The number of benzene rings is 1. The van der Waals surface area contributed by atoms with Crippen LogP contribution < -0.4 is 0 Å². The highest BCUT2D eigenvalue weighted by Gasteiger charge is 2.34. The van der Waals surface area contributed by atoms with Crippen molar-refractivity contribution in [2.24, 2.45) is 0 Å². The molecule has 0 saturated carbocycles. The SMILES string of the molecule is CCCOC(=O)N(C(=O)OCCC)C1C=Cc2ccccc21. The van der Waals surface area contributed by atoms with E-state index in [-0.39, 0.29) is 13.2 Å². The lowest BCUT2D eigenvalue weighted by molar-refractivity contribution is 0.0688. The van der Waals surface area contributed by atoms with Crippen molar-refractivity contribution in [1.29, 1.82) is 0 Å². The van der Waals surface area contributed by atoms with E-state index in [0.29, 0.717) is 12.8 Å². The topological polar surface area (TPSA) is 55.8 Å². The fourth-order valence-corrected chi connectivity index (χ4v) is 2.28. The first-order chi connectivity index (χ1) is 10.7. The molecule has 2 rings (SSSR count). The summed E-state index contributed by atoms with van der Waals surface area (Å²) in [6.45, 7) is 4.35. The smallest absolute Gasteiger partial charge is 0.420 e. The molecule has 0 aliphatic heterocycles. The van der Waals surface area contributed by atoms with Gasteiger partial charge in [-0.15, -0.1) is 0 Å². The second-order valence-corrected chi connectivity index (χ2v) is 5.03. The van der Waals surface area contributed by atoms with Crippen LogP contribution in [0.3, 0.4) is 0 Å². The van der Waals surface area contributed by atoms with Gasteiger partial charge in [0.25, 0.3) is 0 Å². The number of nitrogens with zero attached hydrogens (tertiary/aromatic N) is 1. The maximum Gasteiger partial charge on any atom is 0.420 e. The summed E-state index contributed by atoms with van der Waals surface area (Å²) >= 11 is 0. The minimum absolute atomic E-state index is 0.272. The van der Waals surface area contributed by atoms with Gasteiger partial charge in [0.1, 0.15) is 0 Å². The summed E-state index contributed by atoms with van der Waals surface area (Å²) in [6.07, 6.45) is 3.75. The molecule has 1 unspecified atom stereocenters. The third-order valence-electron chi connectivity index (χ3n) is 3.30. The zero-order valence-corrected chi connectivity index (χ0v) is 13.0. The minimum atomic E-state index is -0.672. The Hall–Kier alpha value is -2.30. The number of imide groups is 1. The lowest BCUT2D eigenvalue weighted by Gasteiger charge is -2.25. The molecule has 0 fully saturated rings. The van der Waals surface area contributed by atoms with E-state index in [9.17, 15) is 9.59 Å². The highest BCUT2D eigenvalue weighted by atomic mass is 16.6. The van der Waals surface area contributed by atoms with E-state index in [0.717, 1.165) is 16.0 Å². The molecular formula is C17H21NO4. The largest absolute Gasteiger partial charge is 0.449 e. The quantitative estimate of drug-likeness (QED) is 0.820. The third-order valence-corrected chi connectivity index (χ3v) is 3.30. The molecule has 1 atom stereocenters. The van der Waals surface area contributed by atoms with Gasteiger partial charge in [-0.1, -0.05) is 50.3 Å². The van der Waals surface area contributed by atoms with E-state index in [1.165, 1.54) is 0 Å². The van der Waals surface area contributed by atoms with Crippen LogP contribution in [0.2, 0.25) is 0 Å². The third kappa shape index (κ3) is 3.47. The van der Waals surface area contributed by atoms with Crippen LogP contribution in [0.1, 0.15) is 43.9 Å². The summed E-state index contributed by atoms with van der Waals surface area (Å²) in [5.41, 5.74) is 1.88. The van der Waals surface area contributed by atoms with Crippen LogP contribution in [-0.2, 0) is 9.47 Å². The molecule has 0 N–H and O–H groups in total. The van der Waals surface area contributed by atoms with Crippen molar-refractivity contribution in [3.63, 3.8) is 0 Å². The highest BCUT2D eigenvalue weighted by Crippen LogP contribution is 2.33. The van der Waals surface area contributed by atoms with E-state index in [2.05, 4.69) is 0 Å². The molecule has 1 aliphatic carbocycles. The Morgan fingerprint density at radius 2 is 1.64 bits per heavy atom. The van der Waals surface area contributed by atoms with Crippen molar-refractivity contribution in [3.05, 3.63) is 41.5 Å². The summed E-state index contributed by atoms with van der Waals surface area (Å²) in [5.74, 6) is 0. The number of hydrogen-bond donors (Lipinski definition) is 0. The summed E-state index contributed by atoms with van der Waals surface area (Å²) in [5, 5.41) is 0. The zero-order chi connectivity index (χ0) is 15.9. The maximum absolute atomic E-state index is 12.3. The number of carbonyl (C=O) groups is 2. The van der Waals surface area contributed by atoms with Gasteiger partial charge in [-0.2, -0.15) is 0 Å². The molecule has 1 aliphatic rings. The van der Waals surface area contributed by atoms with Gasteiger partial charge in [0, 0.05) is 0 Å². The zero-order valence-electron chi connectivity index (χ0n) is 13.0. The van der Waals surface area contributed by atoms with Crippen LogP contribution in [0, 0.1) is 0 Å². The van der Waals surface area contributed by atoms with E-state index >= 15 is 0 Å². The van der Waals surface area contributed by atoms with Crippen molar-refractivity contribution in [3.8, 4) is 0 Å². The summed E-state index contributed by atoms with van der Waals surface area (Å²) in [7, 11) is 0. The Balaban J connectivity index is 2.23. The van der Waals surface area contributed by atoms with Crippen LogP contribution in [0.25, 0.3) is 6.08 Å². The summed E-state index contributed by atoms with van der Waals surface area (Å²) < 4.78 is 10.3. The van der Waals surface area contributed by atoms with E-state index < -0.39 is 18.2 Å². The minimum Gasteiger partial charge on any atom is -0.449 e. The van der Waals surface area contributed by atoms with Crippen LogP contribution in [0.15, 0.2) is 30.3 Å². The monoisotopic (exact) mass is 303 g/mol. The standard InChI is InChI=1S/C17H21NO4/c1-3-11-21-16(19)18(17(20)22-12-4-2)15-10-9-13-7-5-6-8-14(13)15/h5-10,15H,3-4,11-12H2,1-2H3. The molecule has 5 heteroatoms. The van der Waals surface area contributed by atoms with Gasteiger partial charge in [-0.25, -0.2) is 14.5 Å². The van der Waals surface area contributed by atoms with Crippen molar-refractivity contribution >= 4 is 18.3 Å². The van der Waals surface area contributed by atoms with Crippen LogP contribution >= 0.6 is 0 Å². The highest BCUT2D eigenvalue weighted by molar-refractivity contribution is 5.89. The average Bonchev–Trinajstić information content (AvgIpc) is 2.95. The van der Waals surface area contributed by atoms with Gasteiger partial charge >= 0.3 is 12.2 Å². The average molecular weight is 303 g/mol. The number of hydrogen-bond acceptors (Lipinski definition) is 4. The Kier molecular flexibility index (Phi) is 5.58. The van der Waals surface area contributed by atoms with Crippen molar-refractivity contribution in [1.82, 2.24) is 4.90 Å². The van der Waals surface area contributed by atoms with Gasteiger partial charge in [0.2, 0.25) is 0 Å². The lowest BCUT2D eigenvalue weighted by Crippen LogP contribution is -2.40. The first kappa shape index (κ1) is 16.1. The number of amides is 2. The fourth-order valence-electron chi connectivity index (χ4n) is 2.28. The normalized spacial score (nSPS) is 15.3. The number of fused-ring (bicyclic) bond motifs is 1. The van der Waals surface area contributed by atoms with Crippen LogP contribution in [0.5, 0.6) is 0 Å². The molecule has 0 spiro atoms. The Bertz CT molecular complexity index is 548.